The molecule has 4 heteroatoms. The van der Waals surface area contributed by atoms with Crippen molar-refractivity contribution in [1.82, 2.24) is 4.98 Å². The average Bonchev–Trinajstić information content (AvgIpc) is 3.08. The van der Waals surface area contributed by atoms with E-state index in [1.165, 1.54) is 10.4 Å². The molecule has 0 saturated heterocycles. The number of hydrogen-bond acceptors (Lipinski definition) is 4. The molecule has 0 fully saturated rings. The molecule has 0 unspecified atom stereocenters. The van der Waals surface area contributed by atoms with E-state index in [0.29, 0.717) is 5.56 Å². The monoisotopic (exact) mass is 269 g/mol. The molecule has 3 nitrogen and oxygen atoms in total. The van der Waals surface area contributed by atoms with Gasteiger partial charge in [-0.05, 0) is 48.8 Å². The second kappa shape index (κ2) is 5.41. The Labute approximate surface area is 116 Å². The molecule has 19 heavy (non-hydrogen) atoms. The Morgan fingerprint density at radius 2 is 2.37 bits per heavy atom. The predicted molar refractivity (Wildman–Crippen MR) is 77.5 cm³/mol. The van der Waals surface area contributed by atoms with Gasteiger partial charge in [-0.1, -0.05) is 6.07 Å². The van der Waals surface area contributed by atoms with Gasteiger partial charge < -0.3 is 5.32 Å². The Bertz CT molecular complexity index is 611. The quantitative estimate of drug-likeness (QED) is 0.927. The van der Waals surface area contributed by atoms with Crippen molar-refractivity contribution in [2.45, 2.75) is 25.7 Å². The summed E-state index contributed by atoms with van der Waals surface area (Å²) < 4.78 is 0. The fraction of sp³-hybridized carbons (Fsp3) is 0.333. The van der Waals surface area contributed by atoms with E-state index >= 15 is 0 Å². The van der Waals surface area contributed by atoms with Gasteiger partial charge in [0.05, 0.1) is 5.56 Å². The summed E-state index contributed by atoms with van der Waals surface area (Å²) in [7, 11) is 0. The summed E-state index contributed by atoms with van der Waals surface area (Å²) >= 11 is 1.76. The van der Waals surface area contributed by atoms with Gasteiger partial charge in [0, 0.05) is 17.1 Å². The van der Waals surface area contributed by atoms with E-state index < -0.39 is 0 Å². The lowest BCUT2D eigenvalue weighted by Gasteiger charge is -2.09. The summed E-state index contributed by atoms with van der Waals surface area (Å²) in [6, 6.07) is 8.45. The van der Waals surface area contributed by atoms with E-state index in [9.17, 15) is 5.26 Å². The Hall–Kier alpha value is -1.86. The number of hydrogen-bond donors (Lipinski definition) is 1. The number of pyridine rings is 1. The number of thiophene rings is 1. The summed E-state index contributed by atoms with van der Waals surface area (Å²) in [5.74, 6) is 0.750. The lowest BCUT2D eigenvalue weighted by molar-refractivity contribution is 0.898. The van der Waals surface area contributed by atoms with E-state index in [1.807, 2.05) is 6.07 Å². The molecule has 0 bridgehead atoms. The molecule has 1 aliphatic carbocycles. The first-order chi connectivity index (χ1) is 9.36. The maximum atomic E-state index is 9.21. The van der Waals surface area contributed by atoms with Gasteiger partial charge in [-0.3, -0.25) is 0 Å². The van der Waals surface area contributed by atoms with Crippen LogP contribution in [-0.2, 0) is 19.3 Å². The van der Waals surface area contributed by atoms with Gasteiger partial charge in [0.25, 0.3) is 0 Å². The number of nitriles is 1. The summed E-state index contributed by atoms with van der Waals surface area (Å²) in [6.07, 6.45) is 4.24. The molecule has 0 spiro atoms. The number of aryl methyl sites for hydroxylation is 2. The topological polar surface area (TPSA) is 48.7 Å². The maximum absolute atomic E-state index is 9.21. The van der Waals surface area contributed by atoms with Crippen molar-refractivity contribution in [3.05, 3.63) is 45.3 Å². The van der Waals surface area contributed by atoms with Crippen LogP contribution in [0.4, 0.5) is 5.82 Å². The van der Waals surface area contributed by atoms with Crippen molar-refractivity contribution >= 4 is 17.2 Å². The minimum Gasteiger partial charge on any atom is -0.369 e. The molecule has 96 valence electrons. The highest BCUT2D eigenvalue weighted by molar-refractivity contribution is 7.09. The van der Waals surface area contributed by atoms with Crippen LogP contribution in [0.2, 0.25) is 0 Å². The fourth-order valence-corrected chi connectivity index (χ4v) is 3.16. The minimum atomic E-state index is 0.673. The number of nitrogens with one attached hydrogen (secondary N) is 1. The molecule has 0 saturated carbocycles. The van der Waals surface area contributed by atoms with Crippen LogP contribution in [0.15, 0.2) is 23.6 Å². The van der Waals surface area contributed by atoms with Crippen LogP contribution in [0.5, 0.6) is 0 Å². The smallest absolute Gasteiger partial charge is 0.144 e. The zero-order chi connectivity index (χ0) is 13.1. The van der Waals surface area contributed by atoms with Gasteiger partial charge >= 0.3 is 0 Å². The van der Waals surface area contributed by atoms with Crippen LogP contribution < -0.4 is 5.32 Å². The molecule has 0 atom stereocenters. The highest BCUT2D eigenvalue weighted by Gasteiger charge is 2.16. The standard InChI is InChI=1S/C15H15N3S/c16-10-12-9-11-3-1-5-14(11)18-15(12)17-7-6-13-4-2-8-19-13/h2,4,8-9H,1,3,5-7H2,(H,17,18). The Kier molecular flexibility index (Phi) is 3.47. The molecule has 2 aromatic rings. The second-order valence-corrected chi connectivity index (χ2v) is 5.74. The molecule has 2 aromatic heterocycles. The first kappa shape index (κ1) is 12.2. The van der Waals surface area contributed by atoms with Crippen molar-refractivity contribution in [1.29, 1.82) is 5.26 Å². The molecule has 0 aromatic carbocycles. The van der Waals surface area contributed by atoms with Crippen LogP contribution in [0.3, 0.4) is 0 Å². The average molecular weight is 269 g/mol. The number of anilines is 1. The van der Waals surface area contributed by atoms with Gasteiger partial charge in [0.15, 0.2) is 0 Å². The number of nitrogens with zero attached hydrogens (tertiary/aromatic N) is 2. The van der Waals surface area contributed by atoms with Crippen LogP contribution >= 0.6 is 11.3 Å². The summed E-state index contributed by atoms with van der Waals surface area (Å²) in [5, 5.41) is 14.6. The number of fused-ring (bicyclic) bond motifs is 1. The van der Waals surface area contributed by atoms with E-state index in [0.717, 1.165) is 43.7 Å². The van der Waals surface area contributed by atoms with Gasteiger partial charge in [-0.2, -0.15) is 5.26 Å². The van der Waals surface area contributed by atoms with E-state index in [-0.39, 0.29) is 0 Å². The zero-order valence-electron chi connectivity index (χ0n) is 10.6. The molecule has 1 N–H and O–H groups in total. The fourth-order valence-electron chi connectivity index (χ4n) is 2.45. The van der Waals surface area contributed by atoms with Crippen molar-refractivity contribution < 1.29 is 0 Å². The van der Waals surface area contributed by atoms with Gasteiger partial charge in [0.2, 0.25) is 0 Å². The lowest BCUT2D eigenvalue weighted by Crippen LogP contribution is -2.08. The third-order valence-electron chi connectivity index (χ3n) is 3.42. The SMILES string of the molecule is N#Cc1cc2c(nc1NCCc1cccs1)CCC2. The Balaban J connectivity index is 1.72. The minimum absolute atomic E-state index is 0.673. The first-order valence-corrected chi connectivity index (χ1v) is 7.44. The number of aromatic nitrogens is 1. The van der Waals surface area contributed by atoms with Gasteiger partial charge in [-0.25, -0.2) is 4.98 Å². The van der Waals surface area contributed by atoms with E-state index in [1.54, 1.807) is 11.3 Å². The highest BCUT2D eigenvalue weighted by Crippen LogP contribution is 2.24. The molecule has 0 aliphatic heterocycles. The predicted octanol–water partition coefficient (Wildman–Crippen LogP) is 3.16. The highest BCUT2D eigenvalue weighted by atomic mass is 32.1. The van der Waals surface area contributed by atoms with Crippen LogP contribution in [0.25, 0.3) is 0 Å². The Morgan fingerprint density at radius 1 is 1.42 bits per heavy atom. The molecule has 2 heterocycles. The number of rotatable bonds is 4. The van der Waals surface area contributed by atoms with E-state index in [4.69, 9.17) is 0 Å². The summed E-state index contributed by atoms with van der Waals surface area (Å²) in [6.45, 7) is 0.820. The Morgan fingerprint density at radius 3 is 3.16 bits per heavy atom. The zero-order valence-corrected chi connectivity index (χ0v) is 11.5. The lowest BCUT2D eigenvalue weighted by atomic mass is 10.1. The van der Waals surface area contributed by atoms with Crippen molar-refractivity contribution in [3.63, 3.8) is 0 Å². The van der Waals surface area contributed by atoms with Crippen molar-refractivity contribution in [3.8, 4) is 6.07 Å². The third kappa shape index (κ3) is 2.61. The third-order valence-corrected chi connectivity index (χ3v) is 4.35. The molecule has 3 rings (SSSR count). The summed E-state index contributed by atoms with van der Waals surface area (Å²) in [4.78, 5) is 5.97. The largest absolute Gasteiger partial charge is 0.369 e. The second-order valence-electron chi connectivity index (χ2n) is 4.71. The van der Waals surface area contributed by atoms with Crippen molar-refractivity contribution in [2.24, 2.45) is 0 Å². The maximum Gasteiger partial charge on any atom is 0.144 e. The normalized spacial score (nSPS) is 13.0. The van der Waals surface area contributed by atoms with E-state index in [2.05, 4.69) is 33.9 Å². The van der Waals surface area contributed by atoms with Gasteiger partial charge in [0.1, 0.15) is 11.9 Å². The van der Waals surface area contributed by atoms with Crippen molar-refractivity contribution in [2.75, 3.05) is 11.9 Å². The molecule has 1 aliphatic rings. The summed E-state index contributed by atoms with van der Waals surface area (Å²) in [5.41, 5.74) is 3.09. The molecular weight excluding hydrogens is 254 g/mol. The van der Waals surface area contributed by atoms with Crippen LogP contribution in [0, 0.1) is 11.3 Å². The molecular formula is C15H15N3S. The van der Waals surface area contributed by atoms with Crippen LogP contribution in [0.1, 0.15) is 28.1 Å². The molecule has 0 amide bonds. The van der Waals surface area contributed by atoms with Gasteiger partial charge in [-0.15, -0.1) is 11.3 Å². The molecule has 0 radical (unpaired) electrons. The van der Waals surface area contributed by atoms with Crippen LogP contribution in [-0.4, -0.2) is 11.5 Å². The first-order valence-electron chi connectivity index (χ1n) is 6.56.